The summed E-state index contributed by atoms with van der Waals surface area (Å²) in [5.41, 5.74) is -0.389. The largest absolute Gasteiger partial charge is 0.480 e. The van der Waals surface area contributed by atoms with Crippen LogP contribution in [0.15, 0.2) is 42.1 Å². The normalized spacial score (nSPS) is 31.4. The minimum Gasteiger partial charge on any atom is -0.480 e. The lowest BCUT2D eigenvalue weighted by atomic mass is 9.45. The number of ketones is 2. The van der Waals surface area contributed by atoms with Crippen molar-refractivity contribution in [1.29, 1.82) is 0 Å². The highest BCUT2D eigenvalue weighted by atomic mass is 16.5. The first-order chi connectivity index (χ1) is 25.5. The SMILES string of the molecule is CC(C)[C@H](NC(=O)CCC(=O)OCC(=O)[C@@]1(O)CC[C@@H]2[C@@H]3CCC4=CC(=O)CC[C@]4(C)[C@@H]3[C@@H](O)C[C@@]21C)C(=O)N[C@H](Cc1c[nH]c2ccccc12)C(=O)O. The first kappa shape index (κ1) is 39.3. The number of aliphatic hydroxyl groups is 2. The number of rotatable bonds is 13. The van der Waals surface area contributed by atoms with Crippen LogP contribution in [0, 0.1) is 34.5 Å². The van der Waals surface area contributed by atoms with Gasteiger partial charge in [0.25, 0.3) is 0 Å². The Labute approximate surface area is 314 Å². The average Bonchev–Trinajstić information content (AvgIpc) is 3.65. The molecule has 54 heavy (non-hydrogen) atoms. The second-order valence-electron chi connectivity index (χ2n) is 16.8. The van der Waals surface area contributed by atoms with Gasteiger partial charge in [-0.05, 0) is 85.3 Å². The van der Waals surface area contributed by atoms with Crippen LogP contribution in [0.2, 0.25) is 0 Å². The molecule has 4 aliphatic carbocycles. The highest BCUT2D eigenvalue weighted by molar-refractivity contribution is 5.93. The fourth-order valence-corrected chi connectivity index (χ4v) is 10.5. The summed E-state index contributed by atoms with van der Waals surface area (Å²) < 4.78 is 5.27. The second kappa shape index (κ2) is 15.1. The number of aliphatic carboxylic acids is 1. The fraction of sp³-hybridized carbons (Fsp3) is 0.610. The van der Waals surface area contributed by atoms with Gasteiger partial charge in [-0.3, -0.25) is 24.0 Å². The van der Waals surface area contributed by atoms with Crippen molar-refractivity contribution >= 4 is 46.2 Å². The summed E-state index contributed by atoms with van der Waals surface area (Å²) in [4.78, 5) is 79.9. The number of ether oxygens (including phenoxy) is 1. The number of carboxylic acids is 1. The third-order valence-corrected chi connectivity index (χ3v) is 13.4. The third kappa shape index (κ3) is 7.12. The van der Waals surface area contributed by atoms with Gasteiger partial charge in [0, 0.05) is 41.8 Å². The van der Waals surface area contributed by atoms with Crippen molar-refractivity contribution in [3.05, 3.63) is 47.7 Å². The molecule has 292 valence electrons. The number of para-hydroxylation sites is 1. The monoisotopic (exact) mass is 747 g/mol. The molecule has 6 N–H and O–H groups in total. The van der Waals surface area contributed by atoms with Crippen LogP contribution in [-0.4, -0.2) is 86.0 Å². The van der Waals surface area contributed by atoms with Crippen molar-refractivity contribution in [2.75, 3.05) is 6.61 Å². The van der Waals surface area contributed by atoms with Gasteiger partial charge in [-0.1, -0.05) is 51.5 Å². The standard InChI is InChI=1S/C41H53N3O10/c1-22(2)36(37(50)43-30(38(51)52)17-23-20-42-29-8-6-5-7-26(23)29)44-33(48)11-12-34(49)54-21-32(47)41(53)16-14-28-27-10-9-24-18-25(45)13-15-39(24,3)35(27)31(46)19-40(28,41)4/h5-8,18,20,22,27-28,30-31,35-36,42,46,53H,9-17,19,21H2,1-4H3,(H,43,50)(H,44,48)(H,51,52)/t27-,28+,30+,31-,35-,36-,39-,40-,41-/m0/s1. The van der Waals surface area contributed by atoms with Crippen molar-refractivity contribution in [2.24, 2.45) is 34.5 Å². The van der Waals surface area contributed by atoms with E-state index in [0.29, 0.717) is 24.8 Å². The molecular weight excluding hydrogens is 694 g/mol. The number of Topliss-reactive ketones (excluding diaryl/α,β-unsaturated/α-hetero) is 1. The number of esters is 1. The van der Waals surface area contributed by atoms with Crippen LogP contribution in [-0.2, 0) is 39.9 Å². The summed E-state index contributed by atoms with van der Waals surface area (Å²) in [6.07, 6.45) is 5.61. The molecule has 0 aliphatic heterocycles. The summed E-state index contributed by atoms with van der Waals surface area (Å²) in [7, 11) is 0. The van der Waals surface area contributed by atoms with Crippen LogP contribution in [0.1, 0.15) is 91.0 Å². The number of nitrogens with one attached hydrogen (secondary N) is 3. The summed E-state index contributed by atoms with van der Waals surface area (Å²) >= 11 is 0. The number of carbonyl (C=O) groups excluding carboxylic acids is 5. The van der Waals surface area contributed by atoms with E-state index in [4.69, 9.17) is 4.74 Å². The molecule has 9 atom stereocenters. The zero-order valence-corrected chi connectivity index (χ0v) is 31.5. The summed E-state index contributed by atoms with van der Waals surface area (Å²) in [5, 5.41) is 39.4. The minimum atomic E-state index is -1.80. The smallest absolute Gasteiger partial charge is 0.326 e. The summed E-state index contributed by atoms with van der Waals surface area (Å²) in [6, 6.07) is 5.07. The van der Waals surface area contributed by atoms with E-state index in [-0.39, 0.29) is 61.1 Å². The Kier molecular flexibility index (Phi) is 11.0. The Morgan fingerprint density at radius 1 is 1.02 bits per heavy atom. The molecule has 0 unspecified atom stereocenters. The average molecular weight is 748 g/mol. The molecule has 4 aliphatic rings. The molecule has 3 saturated carbocycles. The molecule has 13 heteroatoms. The number of H-pyrrole nitrogens is 1. The van der Waals surface area contributed by atoms with Gasteiger partial charge in [-0.2, -0.15) is 0 Å². The minimum absolute atomic E-state index is 0.0199. The Balaban J connectivity index is 1.01. The first-order valence-electron chi connectivity index (χ1n) is 19.2. The maximum Gasteiger partial charge on any atom is 0.326 e. The molecule has 6 rings (SSSR count). The maximum absolute atomic E-state index is 13.6. The lowest BCUT2D eigenvalue weighted by molar-refractivity contribution is -0.184. The van der Waals surface area contributed by atoms with Crippen LogP contribution >= 0.6 is 0 Å². The first-order valence-corrected chi connectivity index (χ1v) is 19.2. The van der Waals surface area contributed by atoms with Crippen molar-refractivity contribution in [2.45, 2.75) is 116 Å². The lowest BCUT2D eigenvalue weighted by Crippen LogP contribution is -2.62. The number of carbonyl (C=O) groups is 6. The third-order valence-electron chi connectivity index (χ3n) is 13.4. The highest BCUT2D eigenvalue weighted by Gasteiger charge is 2.68. The van der Waals surface area contributed by atoms with Crippen molar-refractivity contribution < 1.29 is 48.8 Å². The maximum atomic E-state index is 13.6. The van der Waals surface area contributed by atoms with Gasteiger partial charge in [0.05, 0.1) is 12.5 Å². The van der Waals surface area contributed by atoms with Gasteiger partial charge in [0.15, 0.2) is 12.4 Å². The molecule has 0 radical (unpaired) electrons. The number of hydrogen-bond donors (Lipinski definition) is 6. The highest BCUT2D eigenvalue weighted by Crippen LogP contribution is 2.67. The number of aromatic nitrogens is 1. The number of allylic oxidation sites excluding steroid dienone is 1. The van der Waals surface area contributed by atoms with E-state index in [1.165, 1.54) is 0 Å². The fourth-order valence-electron chi connectivity index (χ4n) is 10.5. The van der Waals surface area contributed by atoms with Crippen LogP contribution < -0.4 is 10.6 Å². The van der Waals surface area contributed by atoms with E-state index in [9.17, 15) is 44.1 Å². The van der Waals surface area contributed by atoms with Gasteiger partial charge in [0.2, 0.25) is 17.6 Å². The second-order valence-corrected chi connectivity index (χ2v) is 16.8. The van der Waals surface area contributed by atoms with Gasteiger partial charge < -0.3 is 35.7 Å². The Bertz CT molecular complexity index is 1870. The topological polar surface area (TPSA) is 212 Å². The Morgan fingerprint density at radius 2 is 1.76 bits per heavy atom. The number of carboxylic acid groups (broad SMARTS) is 1. The Hall–Kier alpha value is -4.36. The van der Waals surface area contributed by atoms with Gasteiger partial charge in [-0.25, -0.2) is 4.79 Å². The predicted molar refractivity (Wildman–Crippen MR) is 197 cm³/mol. The zero-order chi connectivity index (χ0) is 39.2. The molecule has 2 amide bonds. The van der Waals surface area contributed by atoms with E-state index < -0.39 is 71.3 Å². The molecule has 0 saturated heterocycles. The molecule has 2 aromatic rings. The van der Waals surface area contributed by atoms with Gasteiger partial charge >= 0.3 is 11.9 Å². The van der Waals surface area contributed by atoms with E-state index in [1.54, 1.807) is 26.1 Å². The number of hydrogen-bond acceptors (Lipinski definition) is 9. The molecule has 1 aromatic heterocycles. The van der Waals surface area contributed by atoms with E-state index in [2.05, 4.69) is 22.5 Å². The quantitative estimate of drug-likeness (QED) is 0.164. The van der Waals surface area contributed by atoms with Gasteiger partial charge in [-0.15, -0.1) is 0 Å². The molecule has 1 heterocycles. The number of aliphatic hydroxyl groups excluding tert-OH is 1. The van der Waals surface area contributed by atoms with E-state index >= 15 is 0 Å². The number of fused-ring (bicyclic) bond motifs is 6. The Morgan fingerprint density at radius 3 is 2.48 bits per heavy atom. The van der Waals surface area contributed by atoms with Crippen LogP contribution in [0.3, 0.4) is 0 Å². The summed E-state index contributed by atoms with van der Waals surface area (Å²) in [6.45, 7) is 6.71. The van der Waals surface area contributed by atoms with Crippen molar-refractivity contribution in [3.63, 3.8) is 0 Å². The molecule has 1 aromatic carbocycles. The number of aromatic amines is 1. The number of benzene rings is 1. The zero-order valence-electron chi connectivity index (χ0n) is 31.5. The van der Waals surface area contributed by atoms with Gasteiger partial charge in [0.1, 0.15) is 17.7 Å². The van der Waals surface area contributed by atoms with Crippen molar-refractivity contribution in [1.82, 2.24) is 15.6 Å². The molecule has 0 spiro atoms. The van der Waals surface area contributed by atoms with E-state index in [0.717, 1.165) is 29.3 Å². The van der Waals surface area contributed by atoms with Crippen molar-refractivity contribution in [3.8, 4) is 0 Å². The predicted octanol–water partition coefficient (Wildman–Crippen LogP) is 3.55. The lowest BCUT2D eigenvalue weighted by Gasteiger charge is -2.60. The molecular formula is C41H53N3O10. The van der Waals surface area contributed by atoms with Crippen LogP contribution in [0.25, 0.3) is 10.9 Å². The molecule has 0 bridgehead atoms. The summed E-state index contributed by atoms with van der Waals surface area (Å²) in [5.74, 6) is -4.32. The van der Waals surface area contributed by atoms with E-state index in [1.807, 2.05) is 31.2 Å². The van der Waals surface area contributed by atoms with Crippen LogP contribution in [0.5, 0.6) is 0 Å². The van der Waals surface area contributed by atoms with Crippen LogP contribution in [0.4, 0.5) is 0 Å². The molecule has 13 nitrogen and oxygen atoms in total. The molecule has 3 fully saturated rings. The number of amides is 2.